The average molecular weight is 665 g/mol. The number of carboxylic acids is 1. The van der Waals surface area contributed by atoms with Gasteiger partial charge in [0.25, 0.3) is 0 Å². The molecule has 3 aromatic carbocycles. The molecule has 8 nitrogen and oxygen atoms in total. The van der Waals surface area contributed by atoms with Crippen LogP contribution in [0.4, 0.5) is 0 Å². The SMILES string of the molecule is CNC1CCC(CCc2ccc(OC(=O)c3ccc(O)cc3)c(C#Cc3cc(/C=C/C(=O)O)ccc3OCC3CCC(NC)CC3)c2)CC1. The summed E-state index contributed by atoms with van der Waals surface area (Å²) in [5, 5.41) is 25.6. The number of nitrogens with one attached hydrogen (secondary N) is 2. The van der Waals surface area contributed by atoms with E-state index in [0.717, 1.165) is 50.2 Å². The predicted molar refractivity (Wildman–Crippen MR) is 192 cm³/mol. The lowest BCUT2D eigenvalue weighted by molar-refractivity contribution is -0.131. The standard InChI is InChI=1S/C41H48N2O6/c1-42-35-16-5-28(6-17-35)3-4-29-10-23-39(49-41(47)32-14-20-37(44)21-15-32)34(26-29)13-12-33-25-30(11-24-40(45)46)9-22-38(33)48-27-31-7-18-36(43-2)19-8-31/h9-11,14-15,20-26,28,31,35-36,42-44H,3-8,16-19,27H2,1-2H3,(H,45,46)/b24-11+. The first-order chi connectivity index (χ1) is 23.8. The number of carbonyl (C=O) groups is 2. The molecule has 0 bridgehead atoms. The Bertz CT molecular complexity index is 1660. The molecule has 2 fully saturated rings. The highest BCUT2D eigenvalue weighted by Crippen LogP contribution is 2.30. The van der Waals surface area contributed by atoms with Crippen LogP contribution in [0.5, 0.6) is 17.2 Å². The smallest absolute Gasteiger partial charge is 0.343 e. The second kappa shape index (κ2) is 17.7. The summed E-state index contributed by atoms with van der Waals surface area (Å²) >= 11 is 0. The highest BCUT2D eigenvalue weighted by molar-refractivity contribution is 5.91. The largest absolute Gasteiger partial charge is 0.508 e. The predicted octanol–water partition coefficient (Wildman–Crippen LogP) is 6.98. The van der Waals surface area contributed by atoms with E-state index < -0.39 is 11.9 Å². The summed E-state index contributed by atoms with van der Waals surface area (Å²) in [7, 11) is 4.05. The summed E-state index contributed by atoms with van der Waals surface area (Å²) in [6.07, 6.45) is 13.9. The van der Waals surface area contributed by atoms with Gasteiger partial charge in [-0.1, -0.05) is 24.0 Å². The van der Waals surface area contributed by atoms with Crippen LogP contribution in [0.15, 0.2) is 66.7 Å². The lowest BCUT2D eigenvalue weighted by atomic mass is 9.82. The van der Waals surface area contributed by atoms with Gasteiger partial charge < -0.3 is 30.3 Å². The van der Waals surface area contributed by atoms with Crippen LogP contribution >= 0.6 is 0 Å². The van der Waals surface area contributed by atoms with Gasteiger partial charge in [0.15, 0.2) is 0 Å². The molecular formula is C41H48N2O6. The maximum atomic E-state index is 13.1. The molecule has 0 spiro atoms. The topological polar surface area (TPSA) is 117 Å². The number of hydrogen-bond acceptors (Lipinski definition) is 7. The Morgan fingerprint density at radius 2 is 1.41 bits per heavy atom. The van der Waals surface area contributed by atoms with Crippen LogP contribution in [-0.4, -0.2) is 54.9 Å². The third-order valence-corrected chi connectivity index (χ3v) is 9.93. The van der Waals surface area contributed by atoms with Crippen LogP contribution in [0, 0.1) is 23.7 Å². The summed E-state index contributed by atoms with van der Waals surface area (Å²) in [6, 6.07) is 18.4. The van der Waals surface area contributed by atoms with Crippen molar-refractivity contribution < 1.29 is 29.3 Å². The Balaban J connectivity index is 1.41. The van der Waals surface area contributed by atoms with E-state index in [1.54, 1.807) is 6.07 Å². The number of hydrogen-bond donors (Lipinski definition) is 4. The van der Waals surface area contributed by atoms with Crippen LogP contribution in [0.2, 0.25) is 0 Å². The molecule has 0 saturated heterocycles. The Morgan fingerprint density at radius 1 is 0.796 bits per heavy atom. The molecule has 8 heteroatoms. The number of ether oxygens (including phenoxy) is 2. The molecule has 5 rings (SSSR count). The molecular weight excluding hydrogens is 616 g/mol. The number of phenolic OH excluding ortho intramolecular Hbond substituents is 1. The van der Waals surface area contributed by atoms with Crippen molar-refractivity contribution in [1.29, 1.82) is 0 Å². The van der Waals surface area contributed by atoms with E-state index in [1.165, 1.54) is 56.0 Å². The van der Waals surface area contributed by atoms with E-state index in [9.17, 15) is 19.8 Å². The molecule has 2 aliphatic rings. The quantitative estimate of drug-likeness (QED) is 0.0710. The molecule has 0 radical (unpaired) electrons. The molecule has 0 aliphatic heterocycles. The van der Waals surface area contributed by atoms with E-state index in [-0.39, 0.29) is 5.75 Å². The normalized spacial score (nSPS) is 20.7. The fraction of sp³-hybridized carbons (Fsp3) is 0.415. The summed E-state index contributed by atoms with van der Waals surface area (Å²) < 4.78 is 12.2. The second-order valence-corrected chi connectivity index (χ2v) is 13.3. The van der Waals surface area contributed by atoms with Crippen LogP contribution in [0.1, 0.15) is 90.4 Å². The van der Waals surface area contributed by atoms with Gasteiger partial charge in [-0.05, 0) is 156 Å². The maximum absolute atomic E-state index is 13.1. The highest BCUT2D eigenvalue weighted by atomic mass is 16.5. The third kappa shape index (κ3) is 10.7. The zero-order valence-corrected chi connectivity index (χ0v) is 28.5. The molecule has 258 valence electrons. The van der Waals surface area contributed by atoms with E-state index in [0.29, 0.717) is 64.3 Å². The Hall–Kier alpha value is -4.58. The van der Waals surface area contributed by atoms with Gasteiger partial charge >= 0.3 is 11.9 Å². The van der Waals surface area contributed by atoms with Gasteiger partial charge in [-0.15, -0.1) is 0 Å². The Morgan fingerprint density at radius 3 is 2.04 bits per heavy atom. The van der Waals surface area contributed by atoms with Gasteiger partial charge in [0.2, 0.25) is 0 Å². The summed E-state index contributed by atoms with van der Waals surface area (Å²) in [6.45, 7) is 0.580. The van der Waals surface area contributed by atoms with Crippen molar-refractivity contribution in [3.63, 3.8) is 0 Å². The highest BCUT2D eigenvalue weighted by Gasteiger charge is 2.22. The summed E-state index contributed by atoms with van der Waals surface area (Å²) in [4.78, 5) is 24.3. The number of aryl methyl sites for hydroxylation is 1. The van der Waals surface area contributed by atoms with Crippen LogP contribution < -0.4 is 20.1 Å². The van der Waals surface area contributed by atoms with Crippen molar-refractivity contribution >= 4 is 18.0 Å². The number of phenols is 1. The fourth-order valence-corrected chi connectivity index (χ4v) is 6.79. The van der Waals surface area contributed by atoms with Crippen molar-refractivity contribution in [2.24, 2.45) is 11.8 Å². The van der Waals surface area contributed by atoms with Gasteiger partial charge in [0, 0.05) is 18.2 Å². The van der Waals surface area contributed by atoms with Crippen LogP contribution in [0.25, 0.3) is 6.08 Å². The monoisotopic (exact) mass is 664 g/mol. The van der Waals surface area contributed by atoms with E-state index in [2.05, 4.69) is 22.5 Å². The van der Waals surface area contributed by atoms with E-state index >= 15 is 0 Å². The molecule has 0 aromatic heterocycles. The first-order valence-corrected chi connectivity index (χ1v) is 17.5. The van der Waals surface area contributed by atoms with Crippen molar-refractivity contribution in [1.82, 2.24) is 10.6 Å². The lowest BCUT2D eigenvalue weighted by Gasteiger charge is -2.28. The van der Waals surface area contributed by atoms with E-state index in [1.807, 2.05) is 44.4 Å². The minimum absolute atomic E-state index is 0.0657. The zero-order valence-electron chi connectivity index (χ0n) is 28.5. The molecule has 0 heterocycles. The molecule has 0 atom stereocenters. The van der Waals surface area contributed by atoms with Gasteiger partial charge in [-0.25, -0.2) is 9.59 Å². The molecule has 4 N–H and O–H groups in total. The average Bonchev–Trinajstić information content (AvgIpc) is 3.13. The zero-order chi connectivity index (χ0) is 34.6. The molecule has 0 unspecified atom stereocenters. The van der Waals surface area contributed by atoms with E-state index in [4.69, 9.17) is 9.47 Å². The summed E-state index contributed by atoms with van der Waals surface area (Å²) in [5.74, 6) is 7.13. The number of rotatable bonds is 12. The number of aromatic hydroxyl groups is 1. The van der Waals surface area contributed by atoms with Gasteiger partial charge in [-0.2, -0.15) is 0 Å². The number of aliphatic carboxylic acids is 1. The number of carbonyl (C=O) groups excluding carboxylic acids is 1. The van der Waals surface area contributed by atoms with Crippen LogP contribution in [-0.2, 0) is 11.2 Å². The van der Waals surface area contributed by atoms with Crippen LogP contribution in [0.3, 0.4) is 0 Å². The molecule has 0 amide bonds. The molecule has 2 saturated carbocycles. The van der Waals surface area contributed by atoms with Crippen molar-refractivity contribution in [2.45, 2.75) is 76.3 Å². The number of esters is 1. The number of carboxylic acid groups (broad SMARTS) is 1. The van der Waals surface area contributed by atoms with Gasteiger partial charge in [-0.3, -0.25) is 0 Å². The minimum atomic E-state index is -1.03. The summed E-state index contributed by atoms with van der Waals surface area (Å²) in [5.41, 5.74) is 3.33. The second-order valence-electron chi connectivity index (χ2n) is 13.3. The molecule has 49 heavy (non-hydrogen) atoms. The number of benzene rings is 3. The molecule has 3 aromatic rings. The fourth-order valence-electron chi connectivity index (χ4n) is 6.79. The maximum Gasteiger partial charge on any atom is 0.343 e. The Kier molecular flexibility index (Phi) is 12.9. The van der Waals surface area contributed by atoms with Crippen molar-refractivity contribution in [2.75, 3.05) is 20.7 Å². The minimum Gasteiger partial charge on any atom is -0.508 e. The first-order valence-electron chi connectivity index (χ1n) is 17.5. The molecule has 2 aliphatic carbocycles. The lowest BCUT2D eigenvalue weighted by Crippen LogP contribution is -2.31. The van der Waals surface area contributed by atoms with Crippen molar-refractivity contribution in [3.8, 4) is 29.1 Å². The van der Waals surface area contributed by atoms with Gasteiger partial charge in [0.1, 0.15) is 17.2 Å². The van der Waals surface area contributed by atoms with Crippen molar-refractivity contribution in [3.05, 3.63) is 94.6 Å². The van der Waals surface area contributed by atoms with Gasteiger partial charge in [0.05, 0.1) is 23.3 Å². The Labute approximate surface area is 289 Å². The first kappa shape index (κ1) is 35.7. The third-order valence-electron chi connectivity index (χ3n) is 9.93.